The molecule has 1 amide bonds. The van der Waals surface area contributed by atoms with Gasteiger partial charge in [-0.05, 0) is 79.7 Å². The number of carbonyl (C=O) groups excluding carboxylic acids is 1. The molecule has 4 aromatic rings. The van der Waals surface area contributed by atoms with E-state index < -0.39 is 6.10 Å². The second-order valence-corrected chi connectivity index (χ2v) is 6.93. The summed E-state index contributed by atoms with van der Waals surface area (Å²) >= 11 is 0. The molecule has 0 aliphatic rings. The van der Waals surface area contributed by atoms with Gasteiger partial charge in [-0.15, -0.1) is 0 Å². The second kappa shape index (κ2) is 9.30. The van der Waals surface area contributed by atoms with Crippen LogP contribution in [0, 0.1) is 5.82 Å². The lowest BCUT2D eigenvalue weighted by molar-refractivity contribution is -0.122. The molecule has 32 heavy (non-hydrogen) atoms. The van der Waals surface area contributed by atoms with Crippen molar-refractivity contribution in [3.05, 3.63) is 78.6 Å². The summed E-state index contributed by atoms with van der Waals surface area (Å²) in [4.78, 5) is 16.8. The lowest BCUT2D eigenvalue weighted by Gasteiger charge is -2.14. The summed E-state index contributed by atoms with van der Waals surface area (Å²) < 4.78 is 29.0. The number of rotatable bonds is 7. The zero-order valence-corrected chi connectivity index (χ0v) is 17.4. The quantitative estimate of drug-likeness (QED) is 0.443. The van der Waals surface area contributed by atoms with Crippen LogP contribution in [-0.2, 0) is 4.79 Å². The molecule has 162 valence electrons. The Balaban J connectivity index is 1.39. The summed E-state index contributed by atoms with van der Waals surface area (Å²) in [5, 5.41) is 6.80. The molecular weight excluding hydrogens is 413 g/mol. The second-order valence-electron chi connectivity index (χ2n) is 6.93. The van der Waals surface area contributed by atoms with Crippen LogP contribution in [-0.4, -0.2) is 29.3 Å². The van der Waals surface area contributed by atoms with Crippen LogP contribution in [0.3, 0.4) is 0 Å². The highest BCUT2D eigenvalue weighted by molar-refractivity contribution is 5.94. The molecule has 7 nitrogen and oxygen atoms in total. The Labute approximate surface area is 183 Å². The minimum atomic E-state index is -0.761. The van der Waals surface area contributed by atoms with Crippen molar-refractivity contribution in [3.63, 3.8) is 0 Å². The topological polar surface area (TPSA) is 86.5 Å². The van der Waals surface area contributed by atoms with E-state index >= 15 is 0 Å². The van der Waals surface area contributed by atoms with Gasteiger partial charge in [-0.25, -0.2) is 4.39 Å². The Bertz CT molecular complexity index is 1190. The zero-order chi connectivity index (χ0) is 22.5. The van der Waals surface area contributed by atoms with Crippen molar-refractivity contribution >= 4 is 11.6 Å². The average molecular weight is 433 g/mol. The fraction of sp³-hybridized carbons (Fsp3) is 0.125. The number of hydrogen-bond acceptors (Lipinski definition) is 6. The van der Waals surface area contributed by atoms with Gasteiger partial charge in [-0.1, -0.05) is 5.16 Å². The Kier molecular flexibility index (Phi) is 6.12. The molecule has 4 rings (SSSR count). The Morgan fingerprint density at radius 1 is 0.938 bits per heavy atom. The maximum atomic E-state index is 13.0. The minimum absolute atomic E-state index is 0.332. The summed E-state index contributed by atoms with van der Waals surface area (Å²) in [7, 11) is 1.60. The number of amides is 1. The van der Waals surface area contributed by atoms with E-state index in [9.17, 15) is 9.18 Å². The maximum Gasteiger partial charge on any atom is 0.265 e. The fourth-order valence-electron chi connectivity index (χ4n) is 2.91. The number of halogens is 1. The Morgan fingerprint density at radius 3 is 2.22 bits per heavy atom. The van der Waals surface area contributed by atoms with Gasteiger partial charge in [0, 0.05) is 16.8 Å². The highest BCUT2D eigenvalue weighted by Gasteiger charge is 2.16. The molecule has 3 aromatic carbocycles. The van der Waals surface area contributed by atoms with Gasteiger partial charge >= 0.3 is 0 Å². The molecule has 0 saturated heterocycles. The molecule has 0 aliphatic carbocycles. The predicted molar refractivity (Wildman–Crippen MR) is 117 cm³/mol. The zero-order valence-electron chi connectivity index (χ0n) is 17.4. The maximum absolute atomic E-state index is 13.0. The van der Waals surface area contributed by atoms with E-state index in [0.717, 1.165) is 11.3 Å². The van der Waals surface area contributed by atoms with Crippen molar-refractivity contribution in [2.24, 2.45) is 0 Å². The number of methoxy groups -OCH3 is 1. The van der Waals surface area contributed by atoms with Gasteiger partial charge in [-0.2, -0.15) is 4.98 Å². The van der Waals surface area contributed by atoms with Crippen molar-refractivity contribution in [1.82, 2.24) is 10.1 Å². The van der Waals surface area contributed by atoms with Crippen LogP contribution in [0.4, 0.5) is 10.1 Å². The van der Waals surface area contributed by atoms with Crippen molar-refractivity contribution in [2.45, 2.75) is 13.0 Å². The Hall–Kier alpha value is -4.20. The van der Waals surface area contributed by atoms with Gasteiger partial charge in [0.25, 0.3) is 11.8 Å². The molecule has 1 aromatic heterocycles. The number of aromatic nitrogens is 2. The number of benzene rings is 3. The van der Waals surface area contributed by atoms with Gasteiger partial charge in [0.05, 0.1) is 7.11 Å². The van der Waals surface area contributed by atoms with Gasteiger partial charge in [-0.3, -0.25) is 4.79 Å². The van der Waals surface area contributed by atoms with Crippen LogP contribution >= 0.6 is 0 Å². The number of anilines is 1. The molecule has 0 bridgehead atoms. The van der Waals surface area contributed by atoms with E-state index in [1.54, 1.807) is 38.3 Å². The highest BCUT2D eigenvalue weighted by atomic mass is 19.1. The molecule has 0 aliphatic heterocycles. The molecule has 0 saturated carbocycles. The van der Waals surface area contributed by atoms with Crippen LogP contribution < -0.4 is 14.8 Å². The first-order chi connectivity index (χ1) is 15.5. The predicted octanol–water partition coefficient (Wildman–Crippen LogP) is 4.96. The van der Waals surface area contributed by atoms with E-state index in [0.29, 0.717) is 28.7 Å². The SMILES string of the molecule is COc1ccc(-c2noc(-c3ccc(NC(=O)[C@@H](C)Oc4ccc(F)cc4)cc3)n2)cc1. The standard InChI is InChI=1S/C24H20FN3O4/c1-15(31-21-13-7-18(25)8-14-21)23(29)26-19-9-3-17(4-10-19)24-27-22(28-32-24)16-5-11-20(30-2)12-6-16/h3-15H,1-2H3,(H,26,29)/t15-/m1/s1. The van der Waals surface area contributed by atoms with E-state index in [2.05, 4.69) is 15.5 Å². The largest absolute Gasteiger partial charge is 0.497 e. The lowest BCUT2D eigenvalue weighted by atomic mass is 10.2. The third-order valence-corrected chi connectivity index (χ3v) is 4.67. The molecule has 1 atom stereocenters. The molecule has 0 radical (unpaired) electrons. The molecule has 1 heterocycles. The Morgan fingerprint density at radius 2 is 1.56 bits per heavy atom. The molecule has 0 fully saturated rings. The number of nitrogens with zero attached hydrogens (tertiary/aromatic N) is 2. The van der Waals surface area contributed by atoms with Crippen molar-refractivity contribution in [3.8, 4) is 34.3 Å². The summed E-state index contributed by atoms with van der Waals surface area (Å²) in [5.74, 6) is 1.28. The minimum Gasteiger partial charge on any atom is -0.497 e. The van der Waals surface area contributed by atoms with E-state index in [1.807, 2.05) is 24.3 Å². The normalized spacial score (nSPS) is 11.6. The molecule has 1 N–H and O–H groups in total. The van der Waals surface area contributed by atoms with Crippen molar-refractivity contribution < 1.29 is 23.2 Å². The van der Waals surface area contributed by atoms with Crippen LogP contribution in [0.1, 0.15) is 6.92 Å². The molecule has 0 spiro atoms. The van der Waals surface area contributed by atoms with Gasteiger partial charge in [0.2, 0.25) is 5.82 Å². The molecule has 0 unspecified atom stereocenters. The molecular formula is C24H20FN3O4. The van der Waals surface area contributed by atoms with Gasteiger partial charge < -0.3 is 19.3 Å². The smallest absolute Gasteiger partial charge is 0.265 e. The van der Waals surface area contributed by atoms with Crippen LogP contribution in [0.15, 0.2) is 77.3 Å². The van der Waals surface area contributed by atoms with E-state index in [1.165, 1.54) is 24.3 Å². The van der Waals surface area contributed by atoms with E-state index in [4.69, 9.17) is 14.0 Å². The number of ether oxygens (including phenoxy) is 2. The average Bonchev–Trinajstić information content (AvgIpc) is 3.31. The number of hydrogen-bond donors (Lipinski definition) is 1. The highest BCUT2D eigenvalue weighted by Crippen LogP contribution is 2.25. The first-order valence-corrected chi connectivity index (χ1v) is 9.83. The third-order valence-electron chi connectivity index (χ3n) is 4.67. The summed E-state index contributed by atoms with van der Waals surface area (Å²) in [5.41, 5.74) is 2.11. The number of nitrogens with one attached hydrogen (secondary N) is 1. The van der Waals surface area contributed by atoms with Crippen LogP contribution in [0.2, 0.25) is 0 Å². The van der Waals surface area contributed by atoms with Crippen LogP contribution in [0.5, 0.6) is 11.5 Å². The van der Waals surface area contributed by atoms with E-state index in [-0.39, 0.29) is 11.7 Å². The fourth-order valence-corrected chi connectivity index (χ4v) is 2.91. The monoisotopic (exact) mass is 433 g/mol. The number of carbonyl (C=O) groups is 1. The lowest BCUT2D eigenvalue weighted by Crippen LogP contribution is -2.30. The van der Waals surface area contributed by atoms with Gasteiger partial charge in [0.15, 0.2) is 6.10 Å². The van der Waals surface area contributed by atoms with Crippen LogP contribution in [0.25, 0.3) is 22.8 Å². The van der Waals surface area contributed by atoms with Crippen molar-refractivity contribution in [1.29, 1.82) is 0 Å². The van der Waals surface area contributed by atoms with Crippen molar-refractivity contribution in [2.75, 3.05) is 12.4 Å². The summed E-state index contributed by atoms with van der Waals surface area (Å²) in [6, 6.07) is 19.8. The first-order valence-electron chi connectivity index (χ1n) is 9.83. The molecule has 8 heteroatoms. The first kappa shape index (κ1) is 21.0. The summed E-state index contributed by atoms with van der Waals surface area (Å²) in [6.45, 7) is 1.62. The summed E-state index contributed by atoms with van der Waals surface area (Å²) in [6.07, 6.45) is -0.761. The third kappa shape index (κ3) is 4.92. The van der Waals surface area contributed by atoms with Gasteiger partial charge in [0.1, 0.15) is 17.3 Å².